The van der Waals surface area contributed by atoms with Crippen molar-refractivity contribution < 1.29 is 0 Å². The van der Waals surface area contributed by atoms with E-state index in [9.17, 15) is 0 Å². The number of anilines is 2. The zero-order valence-electron chi connectivity index (χ0n) is 10.8. The predicted octanol–water partition coefficient (Wildman–Crippen LogP) is 3.79. The van der Waals surface area contributed by atoms with Gasteiger partial charge < -0.3 is 10.6 Å². The van der Waals surface area contributed by atoms with Gasteiger partial charge in [-0.2, -0.15) is 0 Å². The molecule has 2 N–H and O–H groups in total. The number of nitrogens with two attached hydrogens (primary N) is 1. The molecule has 0 spiro atoms. The molecule has 2 rings (SSSR count). The first kappa shape index (κ1) is 12.6. The summed E-state index contributed by atoms with van der Waals surface area (Å²) in [7, 11) is 0. The minimum atomic E-state index is 0.363. The lowest BCUT2D eigenvalue weighted by molar-refractivity contribution is 0.263. The van der Waals surface area contributed by atoms with E-state index < -0.39 is 0 Å². The number of nitrogen functional groups attached to an aromatic ring is 1. The third-order valence-corrected chi connectivity index (χ3v) is 4.11. The lowest BCUT2D eigenvalue weighted by atomic mass is 9.80. The summed E-state index contributed by atoms with van der Waals surface area (Å²) in [5, 5.41) is 0.654. The quantitative estimate of drug-likeness (QED) is 0.771. The Labute approximate surface area is 109 Å². The van der Waals surface area contributed by atoms with Crippen LogP contribution in [0.1, 0.15) is 27.2 Å². The summed E-state index contributed by atoms with van der Waals surface area (Å²) in [6.07, 6.45) is 1.23. The average molecular weight is 253 g/mol. The molecule has 2 nitrogen and oxygen atoms in total. The normalized spacial score (nSPS) is 20.9. The highest BCUT2D eigenvalue weighted by Gasteiger charge is 2.32. The van der Waals surface area contributed by atoms with E-state index in [0.29, 0.717) is 16.1 Å². The summed E-state index contributed by atoms with van der Waals surface area (Å²) in [4.78, 5) is 2.36. The molecule has 1 atom stereocenters. The van der Waals surface area contributed by atoms with E-state index in [2.05, 4.69) is 31.7 Å². The molecular formula is C14H21ClN2. The Hall–Kier alpha value is -0.890. The van der Waals surface area contributed by atoms with Crippen LogP contribution in [0.4, 0.5) is 11.4 Å². The molecule has 0 saturated carbocycles. The van der Waals surface area contributed by atoms with Gasteiger partial charge in [0.2, 0.25) is 0 Å². The van der Waals surface area contributed by atoms with Gasteiger partial charge in [0.25, 0.3) is 0 Å². The summed E-state index contributed by atoms with van der Waals surface area (Å²) in [5.74, 6) is 0.723. The highest BCUT2D eigenvalue weighted by atomic mass is 35.5. The van der Waals surface area contributed by atoms with Gasteiger partial charge in [-0.3, -0.25) is 0 Å². The molecule has 1 aromatic rings. The first-order valence-electron chi connectivity index (χ1n) is 6.18. The molecule has 94 valence electrons. The monoisotopic (exact) mass is 252 g/mol. The minimum absolute atomic E-state index is 0.363. The van der Waals surface area contributed by atoms with Crippen molar-refractivity contribution in [1.29, 1.82) is 0 Å². The molecule has 0 aromatic heterocycles. The first-order valence-corrected chi connectivity index (χ1v) is 6.56. The molecule has 17 heavy (non-hydrogen) atoms. The fourth-order valence-corrected chi connectivity index (χ4v) is 2.66. The van der Waals surface area contributed by atoms with E-state index in [1.807, 2.05) is 12.1 Å². The van der Waals surface area contributed by atoms with Crippen molar-refractivity contribution in [2.24, 2.45) is 11.3 Å². The fraction of sp³-hybridized carbons (Fsp3) is 0.571. The highest BCUT2D eigenvalue weighted by Crippen LogP contribution is 2.38. The second-order valence-electron chi connectivity index (χ2n) is 5.97. The second kappa shape index (κ2) is 4.41. The number of nitrogens with zero attached hydrogens (tertiary/aromatic N) is 1. The number of para-hydroxylation sites is 1. The van der Waals surface area contributed by atoms with E-state index in [4.69, 9.17) is 17.3 Å². The molecule has 3 heteroatoms. The molecule has 1 unspecified atom stereocenters. The molecule has 0 amide bonds. The lowest BCUT2D eigenvalue weighted by Gasteiger charge is -2.28. The second-order valence-corrected chi connectivity index (χ2v) is 6.38. The predicted molar refractivity (Wildman–Crippen MR) is 75.6 cm³/mol. The van der Waals surface area contributed by atoms with Gasteiger partial charge in [-0.1, -0.05) is 38.4 Å². The topological polar surface area (TPSA) is 29.3 Å². The van der Waals surface area contributed by atoms with Crippen molar-refractivity contribution in [3.8, 4) is 0 Å². The Morgan fingerprint density at radius 3 is 2.65 bits per heavy atom. The van der Waals surface area contributed by atoms with Gasteiger partial charge >= 0.3 is 0 Å². The van der Waals surface area contributed by atoms with E-state index >= 15 is 0 Å². The van der Waals surface area contributed by atoms with E-state index in [0.717, 1.165) is 24.7 Å². The molecule has 1 aliphatic rings. The van der Waals surface area contributed by atoms with Crippen LogP contribution in [0.5, 0.6) is 0 Å². The number of halogens is 1. The summed E-state index contributed by atoms with van der Waals surface area (Å²) >= 11 is 6.07. The van der Waals surface area contributed by atoms with Gasteiger partial charge in [0.05, 0.1) is 16.4 Å². The number of hydrogen-bond donors (Lipinski definition) is 1. The van der Waals surface area contributed by atoms with Crippen molar-refractivity contribution in [3.05, 3.63) is 23.2 Å². The maximum Gasteiger partial charge on any atom is 0.0741 e. The summed E-state index contributed by atoms with van der Waals surface area (Å²) in [5.41, 5.74) is 8.21. The summed E-state index contributed by atoms with van der Waals surface area (Å²) in [6.45, 7) is 9.08. The number of hydrogen-bond acceptors (Lipinski definition) is 2. The SMILES string of the molecule is CC(C)(C)C1CCN(c2cccc(Cl)c2N)C1. The Morgan fingerprint density at radius 2 is 2.06 bits per heavy atom. The van der Waals surface area contributed by atoms with E-state index in [1.165, 1.54) is 6.42 Å². The molecule has 1 aromatic carbocycles. The van der Waals surface area contributed by atoms with Crippen LogP contribution < -0.4 is 10.6 Å². The van der Waals surface area contributed by atoms with Crippen LogP contribution >= 0.6 is 11.6 Å². The zero-order chi connectivity index (χ0) is 12.6. The molecule has 0 aliphatic carbocycles. The zero-order valence-corrected chi connectivity index (χ0v) is 11.6. The largest absolute Gasteiger partial charge is 0.396 e. The van der Waals surface area contributed by atoms with Crippen molar-refractivity contribution in [2.75, 3.05) is 23.7 Å². The van der Waals surface area contributed by atoms with Gasteiger partial charge in [-0.25, -0.2) is 0 Å². The Morgan fingerprint density at radius 1 is 1.35 bits per heavy atom. The van der Waals surface area contributed by atoms with Crippen molar-refractivity contribution >= 4 is 23.0 Å². The smallest absolute Gasteiger partial charge is 0.0741 e. The van der Waals surface area contributed by atoms with E-state index in [-0.39, 0.29) is 0 Å². The van der Waals surface area contributed by atoms with Crippen LogP contribution in [0.2, 0.25) is 5.02 Å². The highest BCUT2D eigenvalue weighted by molar-refractivity contribution is 6.33. The minimum Gasteiger partial charge on any atom is -0.396 e. The lowest BCUT2D eigenvalue weighted by Crippen LogP contribution is -2.26. The van der Waals surface area contributed by atoms with Crippen LogP contribution in [-0.4, -0.2) is 13.1 Å². The molecule has 0 bridgehead atoms. The van der Waals surface area contributed by atoms with Gasteiger partial charge in [0, 0.05) is 13.1 Å². The van der Waals surface area contributed by atoms with Crippen LogP contribution in [0.25, 0.3) is 0 Å². The average Bonchev–Trinajstić information content (AvgIpc) is 2.70. The molecule has 0 radical (unpaired) electrons. The molecule has 1 saturated heterocycles. The van der Waals surface area contributed by atoms with Crippen LogP contribution in [-0.2, 0) is 0 Å². The fourth-order valence-electron chi connectivity index (χ4n) is 2.49. The van der Waals surface area contributed by atoms with Crippen LogP contribution in [0.15, 0.2) is 18.2 Å². The maximum atomic E-state index is 6.07. The van der Waals surface area contributed by atoms with Crippen molar-refractivity contribution in [1.82, 2.24) is 0 Å². The van der Waals surface area contributed by atoms with Crippen LogP contribution in [0, 0.1) is 11.3 Å². The number of benzene rings is 1. The van der Waals surface area contributed by atoms with Crippen molar-refractivity contribution in [3.63, 3.8) is 0 Å². The maximum absolute atomic E-state index is 6.07. The standard InChI is InChI=1S/C14H21ClN2/c1-14(2,3)10-7-8-17(9-10)12-6-4-5-11(15)13(12)16/h4-6,10H,7-9,16H2,1-3H3. The number of rotatable bonds is 1. The Bertz CT molecular complexity index is 409. The van der Waals surface area contributed by atoms with E-state index in [1.54, 1.807) is 0 Å². The van der Waals surface area contributed by atoms with Gasteiger partial charge in [-0.15, -0.1) is 0 Å². The van der Waals surface area contributed by atoms with Gasteiger partial charge in [-0.05, 0) is 29.9 Å². The molecular weight excluding hydrogens is 232 g/mol. The Kier molecular flexibility index (Phi) is 3.26. The van der Waals surface area contributed by atoms with Crippen LogP contribution in [0.3, 0.4) is 0 Å². The third kappa shape index (κ3) is 2.52. The molecule has 1 fully saturated rings. The summed E-state index contributed by atoms with van der Waals surface area (Å²) in [6, 6.07) is 5.88. The molecule has 1 heterocycles. The third-order valence-electron chi connectivity index (χ3n) is 3.78. The van der Waals surface area contributed by atoms with Gasteiger partial charge in [0.15, 0.2) is 0 Å². The first-order chi connectivity index (χ1) is 7.89. The van der Waals surface area contributed by atoms with Crippen molar-refractivity contribution in [2.45, 2.75) is 27.2 Å². The van der Waals surface area contributed by atoms with Gasteiger partial charge in [0.1, 0.15) is 0 Å². The Balaban J connectivity index is 2.18. The molecule has 1 aliphatic heterocycles. The summed E-state index contributed by atoms with van der Waals surface area (Å²) < 4.78 is 0.